The minimum absolute atomic E-state index is 0.321. The van der Waals surface area contributed by atoms with Crippen LogP contribution in [0.1, 0.15) is 45.7 Å². The van der Waals surface area contributed by atoms with Gasteiger partial charge in [-0.3, -0.25) is 4.90 Å². The number of piperidine rings is 1. The largest absolute Gasteiger partial charge is 0.331 e. The zero-order chi connectivity index (χ0) is 13.2. The number of hydrogen-bond donors (Lipinski definition) is 1. The summed E-state index contributed by atoms with van der Waals surface area (Å²) >= 11 is 0. The first kappa shape index (κ1) is 13.6. The van der Waals surface area contributed by atoms with E-state index in [4.69, 9.17) is 5.73 Å². The molecule has 1 unspecified atom stereocenters. The molecule has 1 aromatic heterocycles. The SMILES string of the molecule is CC(Cn1cncc1C(C)(C)N)N1CCCCC1. The van der Waals surface area contributed by atoms with E-state index in [9.17, 15) is 0 Å². The molecule has 1 aliphatic heterocycles. The summed E-state index contributed by atoms with van der Waals surface area (Å²) in [5.41, 5.74) is 6.98. The molecule has 1 aromatic rings. The van der Waals surface area contributed by atoms with Crippen molar-refractivity contribution in [2.75, 3.05) is 13.1 Å². The lowest BCUT2D eigenvalue weighted by molar-refractivity contribution is 0.158. The van der Waals surface area contributed by atoms with E-state index in [0.29, 0.717) is 6.04 Å². The Morgan fingerprint density at radius 2 is 2.00 bits per heavy atom. The first-order valence-electron chi connectivity index (χ1n) is 7.02. The Labute approximate surface area is 110 Å². The Balaban J connectivity index is 2.02. The molecule has 4 heteroatoms. The Hall–Kier alpha value is -0.870. The molecule has 18 heavy (non-hydrogen) atoms. The average Bonchev–Trinajstić information content (AvgIpc) is 2.78. The summed E-state index contributed by atoms with van der Waals surface area (Å²) in [6, 6.07) is 0.556. The third kappa shape index (κ3) is 3.12. The number of nitrogens with zero attached hydrogens (tertiary/aromatic N) is 3. The second-order valence-corrected chi connectivity index (χ2v) is 6.10. The van der Waals surface area contributed by atoms with Gasteiger partial charge in [0.1, 0.15) is 0 Å². The van der Waals surface area contributed by atoms with Gasteiger partial charge in [-0.2, -0.15) is 0 Å². The molecule has 2 rings (SSSR count). The van der Waals surface area contributed by atoms with Crippen molar-refractivity contribution in [3.8, 4) is 0 Å². The highest BCUT2D eigenvalue weighted by molar-refractivity contribution is 5.10. The van der Waals surface area contributed by atoms with Crippen molar-refractivity contribution < 1.29 is 0 Å². The second-order valence-electron chi connectivity index (χ2n) is 6.10. The van der Waals surface area contributed by atoms with Crippen LogP contribution in [0, 0.1) is 0 Å². The van der Waals surface area contributed by atoms with Crippen LogP contribution < -0.4 is 5.73 Å². The van der Waals surface area contributed by atoms with Crippen LogP contribution in [-0.4, -0.2) is 33.6 Å². The zero-order valence-corrected chi connectivity index (χ0v) is 11.9. The number of hydrogen-bond acceptors (Lipinski definition) is 3. The molecule has 1 atom stereocenters. The van der Waals surface area contributed by atoms with E-state index in [1.807, 2.05) is 26.4 Å². The summed E-state index contributed by atoms with van der Waals surface area (Å²) in [5, 5.41) is 0. The molecule has 4 nitrogen and oxygen atoms in total. The van der Waals surface area contributed by atoms with Gasteiger partial charge in [0, 0.05) is 18.8 Å². The summed E-state index contributed by atoms with van der Waals surface area (Å²) in [6.45, 7) is 9.82. The highest BCUT2D eigenvalue weighted by atomic mass is 15.2. The molecule has 0 saturated carbocycles. The van der Waals surface area contributed by atoms with Gasteiger partial charge < -0.3 is 10.3 Å². The summed E-state index contributed by atoms with van der Waals surface area (Å²) in [7, 11) is 0. The van der Waals surface area contributed by atoms with Gasteiger partial charge in [0.25, 0.3) is 0 Å². The predicted octanol–water partition coefficient (Wildman–Crippen LogP) is 1.95. The third-order valence-corrected chi connectivity index (χ3v) is 3.85. The lowest BCUT2D eigenvalue weighted by atomic mass is 10.0. The van der Waals surface area contributed by atoms with Crippen molar-refractivity contribution >= 4 is 0 Å². The standard InChI is InChI=1S/C14H26N4/c1-12(17-7-5-4-6-8-17)10-18-11-16-9-13(18)14(2,3)15/h9,11-12H,4-8,10,15H2,1-3H3. The van der Waals surface area contributed by atoms with Crippen molar-refractivity contribution in [2.24, 2.45) is 5.73 Å². The van der Waals surface area contributed by atoms with E-state index in [0.717, 1.165) is 12.2 Å². The maximum absolute atomic E-state index is 6.18. The summed E-state index contributed by atoms with van der Waals surface area (Å²) in [5.74, 6) is 0. The molecule has 0 aromatic carbocycles. The predicted molar refractivity (Wildman–Crippen MR) is 74.3 cm³/mol. The highest BCUT2D eigenvalue weighted by Gasteiger charge is 2.22. The van der Waals surface area contributed by atoms with E-state index in [1.165, 1.54) is 32.4 Å². The van der Waals surface area contributed by atoms with Crippen LogP contribution in [0.3, 0.4) is 0 Å². The van der Waals surface area contributed by atoms with Gasteiger partial charge in [0.2, 0.25) is 0 Å². The van der Waals surface area contributed by atoms with Crippen molar-refractivity contribution in [2.45, 2.75) is 58.2 Å². The lowest BCUT2D eigenvalue weighted by Crippen LogP contribution is -2.41. The van der Waals surface area contributed by atoms with Crippen molar-refractivity contribution in [3.05, 3.63) is 18.2 Å². The van der Waals surface area contributed by atoms with Gasteiger partial charge in [-0.05, 0) is 46.7 Å². The van der Waals surface area contributed by atoms with Gasteiger partial charge in [-0.25, -0.2) is 4.98 Å². The van der Waals surface area contributed by atoms with Crippen LogP contribution in [0.5, 0.6) is 0 Å². The van der Waals surface area contributed by atoms with Crippen LogP contribution in [0.15, 0.2) is 12.5 Å². The van der Waals surface area contributed by atoms with Crippen molar-refractivity contribution in [1.29, 1.82) is 0 Å². The molecule has 102 valence electrons. The van der Waals surface area contributed by atoms with Crippen LogP contribution >= 0.6 is 0 Å². The van der Waals surface area contributed by atoms with Crippen LogP contribution in [0.2, 0.25) is 0 Å². The molecule has 1 aliphatic rings. The third-order valence-electron chi connectivity index (χ3n) is 3.85. The van der Waals surface area contributed by atoms with Crippen LogP contribution in [0.4, 0.5) is 0 Å². The maximum atomic E-state index is 6.18. The molecule has 2 heterocycles. The number of nitrogens with two attached hydrogens (primary N) is 1. The topological polar surface area (TPSA) is 47.1 Å². The Morgan fingerprint density at radius 1 is 1.33 bits per heavy atom. The molecule has 1 fully saturated rings. The monoisotopic (exact) mass is 250 g/mol. The number of likely N-dealkylation sites (tertiary alicyclic amines) is 1. The van der Waals surface area contributed by atoms with Crippen LogP contribution in [-0.2, 0) is 12.1 Å². The van der Waals surface area contributed by atoms with Gasteiger partial charge >= 0.3 is 0 Å². The Kier molecular flexibility index (Phi) is 4.07. The first-order valence-corrected chi connectivity index (χ1v) is 7.02. The molecule has 0 radical (unpaired) electrons. The zero-order valence-electron chi connectivity index (χ0n) is 11.9. The molecule has 0 spiro atoms. The van der Waals surface area contributed by atoms with E-state index in [1.54, 1.807) is 0 Å². The van der Waals surface area contributed by atoms with E-state index in [2.05, 4.69) is 21.4 Å². The minimum Gasteiger partial charge on any atom is -0.331 e. The van der Waals surface area contributed by atoms with Gasteiger partial charge in [-0.1, -0.05) is 6.42 Å². The maximum Gasteiger partial charge on any atom is 0.0949 e. The summed E-state index contributed by atoms with van der Waals surface area (Å²) < 4.78 is 2.21. The van der Waals surface area contributed by atoms with E-state index >= 15 is 0 Å². The second kappa shape index (κ2) is 5.41. The molecule has 2 N–H and O–H groups in total. The molecule has 1 saturated heterocycles. The molecular weight excluding hydrogens is 224 g/mol. The fraction of sp³-hybridized carbons (Fsp3) is 0.786. The quantitative estimate of drug-likeness (QED) is 0.888. The normalized spacial score (nSPS) is 20.0. The van der Waals surface area contributed by atoms with Gasteiger partial charge in [0.05, 0.1) is 17.6 Å². The van der Waals surface area contributed by atoms with Gasteiger partial charge in [-0.15, -0.1) is 0 Å². The Bertz CT molecular complexity index is 371. The van der Waals surface area contributed by atoms with Crippen LogP contribution in [0.25, 0.3) is 0 Å². The molecular formula is C14H26N4. The Morgan fingerprint density at radius 3 is 2.61 bits per heavy atom. The van der Waals surface area contributed by atoms with Crippen molar-refractivity contribution in [3.63, 3.8) is 0 Å². The number of rotatable bonds is 4. The minimum atomic E-state index is -0.321. The smallest absolute Gasteiger partial charge is 0.0949 e. The highest BCUT2D eigenvalue weighted by Crippen LogP contribution is 2.18. The van der Waals surface area contributed by atoms with E-state index in [-0.39, 0.29) is 5.54 Å². The lowest BCUT2D eigenvalue weighted by Gasteiger charge is -2.33. The van der Waals surface area contributed by atoms with E-state index < -0.39 is 0 Å². The van der Waals surface area contributed by atoms with Crippen molar-refractivity contribution in [1.82, 2.24) is 14.5 Å². The average molecular weight is 250 g/mol. The molecule has 0 amide bonds. The number of aromatic nitrogens is 2. The van der Waals surface area contributed by atoms with Gasteiger partial charge in [0.15, 0.2) is 0 Å². The fourth-order valence-electron chi connectivity index (χ4n) is 2.76. The summed E-state index contributed by atoms with van der Waals surface area (Å²) in [4.78, 5) is 6.83. The first-order chi connectivity index (χ1) is 8.48. The number of imidazole rings is 1. The molecule has 0 aliphatic carbocycles. The fourth-order valence-corrected chi connectivity index (χ4v) is 2.76. The summed E-state index contributed by atoms with van der Waals surface area (Å²) in [6.07, 6.45) is 7.86. The molecule has 0 bridgehead atoms.